The Balaban J connectivity index is 0.00000121. The zero-order valence-electron chi connectivity index (χ0n) is 7.21. The molecule has 0 aliphatic heterocycles. The SMILES string of the molecule is C=Cc1ccc(CNC)cc1.Cl. The summed E-state index contributed by atoms with van der Waals surface area (Å²) in [5.74, 6) is 0. The number of halogens is 1. The van der Waals surface area contributed by atoms with E-state index in [2.05, 4.69) is 36.2 Å². The van der Waals surface area contributed by atoms with E-state index in [0.717, 1.165) is 6.54 Å². The van der Waals surface area contributed by atoms with Crippen molar-refractivity contribution in [1.29, 1.82) is 0 Å². The van der Waals surface area contributed by atoms with Crippen LogP contribution in [-0.4, -0.2) is 7.05 Å². The molecule has 0 amide bonds. The number of rotatable bonds is 3. The molecular formula is C10H14ClN. The normalized spacial score (nSPS) is 8.75. The van der Waals surface area contributed by atoms with Gasteiger partial charge in [0.25, 0.3) is 0 Å². The highest BCUT2D eigenvalue weighted by Crippen LogP contribution is 2.04. The molecule has 0 aliphatic carbocycles. The van der Waals surface area contributed by atoms with Gasteiger partial charge in [-0.2, -0.15) is 0 Å². The highest BCUT2D eigenvalue weighted by atomic mass is 35.5. The maximum absolute atomic E-state index is 3.69. The third-order valence-electron chi connectivity index (χ3n) is 1.60. The van der Waals surface area contributed by atoms with Crippen molar-refractivity contribution < 1.29 is 0 Å². The Labute approximate surface area is 79.9 Å². The van der Waals surface area contributed by atoms with Gasteiger partial charge < -0.3 is 5.32 Å². The summed E-state index contributed by atoms with van der Waals surface area (Å²) in [7, 11) is 1.95. The van der Waals surface area contributed by atoms with Crippen LogP contribution in [0.4, 0.5) is 0 Å². The maximum Gasteiger partial charge on any atom is 0.0202 e. The molecule has 0 radical (unpaired) electrons. The highest BCUT2D eigenvalue weighted by Gasteiger charge is 1.88. The van der Waals surface area contributed by atoms with Crippen molar-refractivity contribution in [2.24, 2.45) is 0 Å². The molecule has 0 bridgehead atoms. The van der Waals surface area contributed by atoms with E-state index in [-0.39, 0.29) is 12.4 Å². The molecule has 1 nitrogen and oxygen atoms in total. The van der Waals surface area contributed by atoms with Crippen LogP contribution in [0, 0.1) is 0 Å². The zero-order chi connectivity index (χ0) is 8.10. The van der Waals surface area contributed by atoms with Gasteiger partial charge in [-0.1, -0.05) is 36.9 Å². The average molecular weight is 184 g/mol. The first-order valence-electron chi connectivity index (χ1n) is 3.73. The molecule has 1 rings (SSSR count). The number of benzene rings is 1. The van der Waals surface area contributed by atoms with E-state index in [0.29, 0.717) is 0 Å². The van der Waals surface area contributed by atoms with Gasteiger partial charge >= 0.3 is 0 Å². The summed E-state index contributed by atoms with van der Waals surface area (Å²) in [6, 6.07) is 8.35. The quantitative estimate of drug-likeness (QED) is 0.760. The molecule has 0 saturated heterocycles. The lowest BCUT2D eigenvalue weighted by atomic mass is 10.1. The van der Waals surface area contributed by atoms with Crippen molar-refractivity contribution in [3.63, 3.8) is 0 Å². The highest BCUT2D eigenvalue weighted by molar-refractivity contribution is 5.85. The molecule has 1 aromatic rings. The summed E-state index contributed by atoms with van der Waals surface area (Å²) >= 11 is 0. The molecule has 0 fully saturated rings. The van der Waals surface area contributed by atoms with Crippen LogP contribution in [0.5, 0.6) is 0 Å². The molecule has 0 heterocycles. The molecule has 1 aromatic carbocycles. The zero-order valence-corrected chi connectivity index (χ0v) is 8.03. The van der Waals surface area contributed by atoms with Crippen molar-refractivity contribution >= 4 is 18.5 Å². The summed E-state index contributed by atoms with van der Waals surface area (Å²) in [4.78, 5) is 0. The van der Waals surface area contributed by atoms with E-state index in [1.165, 1.54) is 11.1 Å². The molecule has 0 saturated carbocycles. The van der Waals surface area contributed by atoms with Crippen LogP contribution in [0.1, 0.15) is 11.1 Å². The fourth-order valence-corrected chi connectivity index (χ4v) is 0.976. The van der Waals surface area contributed by atoms with Crippen molar-refractivity contribution in [2.75, 3.05) is 7.05 Å². The molecule has 0 aromatic heterocycles. The Morgan fingerprint density at radius 3 is 2.33 bits per heavy atom. The van der Waals surface area contributed by atoms with Crippen LogP contribution in [0.15, 0.2) is 30.8 Å². The molecule has 1 N–H and O–H groups in total. The van der Waals surface area contributed by atoms with Crippen LogP contribution < -0.4 is 5.32 Å². The van der Waals surface area contributed by atoms with Crippen LogP contribution in [0.25, 0.3) is 6.08 Å². The van der Waals surface area contributed by atoms with Gasteiger partial charge in [-0.3, -0.25) is 0 Å². The van der Waals surface area contributed by atoms with Crippen LogP contribution in [-0.2, 0) is 6.54 Å². The van der Waals surface area contributed by atoms with E-state index in [1.54, 1.807) is 0 Å². The number of hydrogen-bond donors (Lipinski definition) is 1. The van der Waals surface area contributed by atoms with Crippen LogP contribution in [0.2, 0.25) is 0 Å². The molecule has 0 spiro atoms. The molecule has 2 heteroatoms. The topological polar surface area (TPSA) is 12.0 Å². The fraction of sp³-hybridized carbons (Fsp3) is 0.200. The molecule has 66 valence electrons. The molecular weight excluding hydrogens is 170 g/mol. The average Bonchev–Trinajstić information content (AvgIpc) is 2.07. The third-order valence-corrected chi connectivity index (χ3v) is 1.60. The summed E-state index contributed by atoms with van der Waals surface area (Å²) in [6.07, 6.45) is 1.85. The Hall–Kier alpha value is -0.790. The standard InChI is InChI=1S/C10H13N.ClH/c1-3-9-4-6-10(7-5-9)8-11-2;/h3-7,11H,1,8H2,2H3;1H. The second kappa shape index (κ2) is 5.81. The van der Waals surface area contributed by atoms with Gasteiger partial charge in [0.05, 0.1) is 0 Å². The second-order valence-corrected chi connectivity index (χ2v) is 2.48. The lowest BCUT2D eigenvalue weighted by molar-refractivity contribution is 0.818. The first-order chi connectivity index (χ1) is 5.36. The smallest absolute Gasteiger partial charge is 0.0202 e. The summed E-state index contributed by atoms with van der Waals surface area (Å²) in [5.41, 5.74) is 2.47. The van der Waals surface area contributed by atoms with Gasteiger partial charge in [-0.25, -0.2) is 0 Å². The lowest BCUT2D eigenvalue weighted by Gasteiger charge is -1.99. The van der Waals surface area contributed by atoms with E-state index in [9.17, 15) is 0 Å². The van der Waals surface area contributed by atoms with E-state index in [4.69, 9.17) is 0 Å². The molecule has 12 heavy (non-hydrogen) atoms. The largest absolute Gasteiger partial charge is 0.316 e. The maximum atomic E-state index is 3.69. The molecule has 0 atom stereocenters. The summed E-state index contributed by atoms with van der Waals surface area (Å²) in [5, 5.41) is 3.10. The Morgan fingerprint density at radius 2 is 1.92 bits per heavy atom. The van der Waals surface area contributed by atoms with Gasteiger partial charge in [-0.05, 0) is 18.2 Å². The third kappa shape index (κ3) is 3.07. The monoisotopic (exact) mass is 183 g/mol. The number of hydrogen-bond acceptors (Lipinski definition) is 1. The van der Waals surface area contributed by atoms with Gasteiger partial charge in [0, 0.05) is 6.54 Å². The van der Waals surface area contributed by atoms with Crippen molar-refractivity contribution in [2.45, 2.75) is 6.54 Å². The van der Waals surface area contributed by atoms with Gasteiger partial charge in [0.15, 0.2) is 0 Å². The van der Waals surface area contributed by atoms with E-state index >= 15 is 0 Å². The number of nitrogens with one attached hydrogen (secondary N) is 1. The van der Waals surface area contributed by atoms with Crippen molar-refractivity contribution in [3.05, 3.63) is 42.0 Å². The first-order valence-corrected chi connectivity index (χ1v) is 3.73. The van der Waals surface area contributed by atoms with Crippen LogP contribution >= 0.6 is 12.4 Å². The Kier molecular flexibility index (Phi) is 5.43. The Bertz CT molecular complexity index is 228. The summed E-state index contributed by atoms with van der Waals surface area (Å²) in [6.45, 7) is 4.62. The van der Waals surface area contributed by atoms with Crippen molar-refractivity contribution in [1.82, 2.24) is 5.32 Å². The predicted octanol–water partition coefficient (Wildman–Crippen LogP) is 2.47. The van der Waals surface area contributed by atoms with Gasteiger partial charge in [0.2, 0.25) is 0 Å². The fourth-order valence-electron chi connectivity index (χ4n) is 0.976. The van der Waals surface area contributed by atoms with Gasteiger partial charge in [0.1, 0.15) is 0 Å². The molecule has 0 aliphatic rings. The predicted molar refractivity (Wildman–Crippen MR) is 56.5 cm³/mol. The van der Waals surface area contributed by atoms with Crippen molar-refractivity contribution in [3.8, 4) is 0 Å². The lowest BCUT2D eigenvalue weighted by Crippen LogP contribution is -2.04. The molecule has 0 unspecified atom stereocenters. The van der Waals surface area contributed by atoms with Gasteiger partial charge in [-0.15, -0.1) is 12.4 Å². The van der Waals surface area contributed by atoms with E-state index in [1.807, 2.05) is 13.1 Å². The minimum Gasteiger partial charge on any atom is -0.316 e. The minimum absolute atomic E-state index is 0. The minimum atomic E-state index is 0. The second-order valence-electron chi connectivity index (χ2n) is 2.48. The van der Waals surface area contributed by atoms with E-state index < -0.39 is 0 Å². The summed E-state index contributed by atoms with van der Waals surface area (Å²) < 4.78 is 0. The Morgan fingerprint density at radius 1 is 1.33 bits per heavy atom. The first kappa shape index (κ1) is 11.2. The van der Waals surface area contributed by atoms with Crippen LogP contribution in [0.3, 0.4) is 0 Å².